The Morgan fingerprint density at radius 2 is 1.65 bits per heavy atom. The average molecular weight is 517 g/mol. The molecule has 37 heavy (non-hydrogen) atoms. The Labute approximate surface area is 217 Å². The molecular weight excluding hydrogens is 492 g/mol. The summed E-state index contributed by atoms with van der Waals surface area (Å²) >= 11 is 1.13. The highest BCUT2D eigenvalue weighted by atomic mass is 32.2. The minimum absolute atomic E-state index is 0.00734. The summed E-state index contributed by atoms with van der Waals surface area (Å²) in [4.78, 5) is 41.6. The van der Waals surface area contributed by atoms with Gasteiger partial charge in [-0.15, -0.1) is 0 Å². The lowest BCUT2D eigenvalue weighted by molar-refractivity contribution is -0.131. The number of carbonyl (C=O) groups is 2. The van der Waals surface area contributed by atoms with Gasteiger partial charge in [0.25, 0.3) is 5.56 Å². The number of aromatic nitrogens is 2. The van der Waals surface area contributed by atoms with Crippen LogP contribution < -0.4 is 25.9 Å². The number of amides is 1. The van der Waals surface area contributed by atoms with Crippen molar-refractivity contribution in [3.8, 4) is 17.2 Å². The van der Waals surface area contributed by atoms with Crippen LogP contribution in [0.1, 0.15) is 12.5 Å². The van der Waals surface area contributed by atoms with Gasteiger partial charge in [0.1, 0.15) is 11.5 Å². The van der Waals surface area contributed by atoms with E-state index in [1.165, 1.54) is 11.5 Å². The molecule has 0 atom stereocenters. The Morgan fingerprint density at radius 3 is 2.32 bits per heavy atom. The first-order chi connectivity index (χ1) is 17.9. The summed E-state index contributed by atoms with van der Waals surface area (Å²) in [7, 11) is 1.57. The van der Waals surface area contributed by atoms with Crippen molar-refractivity contribution >= 4 is 40.2 Å². The molecule has 0 radical (unpaired) electrons. The minimum atomic E-state index is -0.409. The topological polar surface area (TPSA) is 112 Å². The SMILES string of the molecule is C=C(NNC(=O)CSc1nc2ccccc2c(=O)n1-c1ccc(OC)cc1)c1ccc(OC(C)=O)cc1. The number of hydrogen-bond donors (Lipinski definition) is 2. The molecule has 0 aliphatic heterocycles. The highest BCUT2D eigenvalue weighted by molar-refractivity contribution is 7.99. The fraction of sp³-hybridized carbons (Fsp3) is 0.111. The molecule has 0 saturated carbocycles. The number of benzene rings is 3. The lowest BCUT2D eigenvalue weighted by atomic mass is 10.2. The van der Waals surface area contributed by atoms with Gasteiger partial charge in [0.15, 0.2) is 5.16 Å². The number of carbonyl (C=O) groups excluding carboxylic acids is 2. The molecule has 10 heteroatoms. The Hall–Kier alpha value is -4.57. The number of methoxy groups -OCH3 is 1. The number of ether oxygens (including phenoxy) is 2. The lowest BCUT2D eigenvalue weighted by Crippen LogP contribution is -2.37. The second kappa shape index (κ2) is 11.4. The van der Waals surface area contributed by atoms with Crippen LogP contribution in [0, 0.1) is 0 Å². The van der Waals surface area contributed by atoms with Crippen molar-refractivity contribution in [2.45, 2.75) is 12.1 Å². The highest BCUT2D eigenvalue weighted by Gasteiger charge is 2.15. The van der Waals surface area contributed by atoms with E-state index in [9.17, 15) is 14.4 Å². The van der Waals surface area contributed by atoms with E-state index in [1.54, 1.807) is 73.8 Å². The molecule has 1 aromatic heterocycles. The van der Waals surface area contributed by atoms with Crippen LogP contribution >= 0.6 is 11.8 Å². The number of nitrogens with zero attached hydrogens (tertiary/aromatic N) is 2. The number of para-hydroxylation sites is 1. The number of fused-ring (bicyclic) bond motifs is 1. The average Bonchev–Trinajstić information content (AvgIpc) is 2.91. The molecule has 1 amide bonds. The van der Waals surface area contributed by atoms with Crippen molar-refractivity contribution in [3.63, 3.8) is 0 Å². The number of hydrogen-bond acceptors (Lipinski definition) is 8. The molecule has 0 saturated heterocycles. The van der Waals surface area contributed by atoms with E-state index >= 15 is 0 Å². The first kappa shape index (κ1) is 25.5. The summed E-state index contributed by atoms with van der Waals surface area (Å²) in [6.45, 7) is 5.24. The van der Waals surface area contributed by atoms with Gasteiger partial charge in [-0.05, 0) is 66.2 Å². The van der Waals surface area contributed by atoms with Gasteiger partial charge in [0, 0.05) is 6.92 Å². The summed E-state index contributed by atoms with van der Waals surface area (Å²) in [5.41, 5.74) is 7.45. The van der Waals surface area contributed by atoms with Crippen LogP contribution in [0.4, 0.5) is 0 Å². The predicted octanol–water partition coefficient (Wildman–Crippen LogP) is 3.70. The lowest BCUT2D eigenvalue weighted by Gasteiger charge is -2.14. The van der Waals surface area contributed by atoms with Crippen LogP contribution in [0.2, 0.25) is 0 Å². The van der Waals surface area contributed by atoms with Gasteiger partial charge in [-0.1, -0.05) is 30.5 Å². The molecule has 4 rings (SSSR count). The van der Waals surface area contributed by atoms with Gasteiger partial charge in [0.05, 0.1) is 35.2 Å². The third-order valence-electron chi connectivity index (χ3n) is 5.23. The first-order valence-electron chi connectivity index (χ1n) is 11.2. The number of rotatable bonds is 9. The molecule has 0 aliphatic carbocycles. The standard InChI is InChI=1S/C27H24N4O5S/c1-17(19-8-12-22(13-9-19)36-18(2)32)29-30-25(33)16-37-27-28-24-7-5-4-6-23(24)26(34)31(27)20-10-14-21(35-3)15-11-20/h4-15,29H,1,16H2,2-3H3,(H,30,33). The van der Waals surface area contributed by atoms with Gasteiger partial charge in [0.2, 0.25) is 5.91 Å². The van der Waals surface area contributed by atoms with E-state index in [0.717, 1.165) is 11.8 Å². The molecule has 0 aliphatic rings. The molecule has 0 spiro atoms. The quantitative estimate of drug-likeness (QED) is 0.114. The maximum Gasteiger partial charge on any atom is 0.308 e. The normalized spacial score (nSPS) is 10.5. The van der Waals surface area contributed by atoms with Crippen LogP contribution in [-0.4, -0.2) is 34.3 Å². The van der Waals surface area contributed by atoms with E-state index in [-0.39, 0.29) is 17.2 Å². The van der Waals surface area contributed by atoms with E-state index in [4.69, 9.17) is 9.47 Å². The summed E-state index contributed by atoms with van der Waals surface area (Å²) in [5.74, 6) is 0.313. The molecule has 1 heterocycles. The first-order valence-corrected chi connectivity index (χ1v) is 12.2. The summed E-state index contributed by atoms with van der Waals surface area (Å²) in [5, 5.41) is 0.855. The summed E-state index contributed by atoms with van der Waals surface area (Å²) in [6.07, 6.45) is 0. The molecular formula is C27H24N4O5S. The third kappa shape index (κ3) is 6.17. The van der Waals surface area contributed by atoms with E-state index in [2.05, 4.69) is 22.4 Å². The van der Waals surface area contributed by atoms with Crippen LogP contribution in [-0.2, 0) is 9.59 Å². The zero-order valence-electron chi connectivity index (χ0n) is 20.2. The van der Waals surface area contributed by atoms with Crippen molar-refractivity contribution in [2.24, 2.45) is 0 Å². The van der Waals surface area contributed by atoms with Crippen LogP contribution in [0.15, 0.2) is 89.3 Å². The molecule has 9 nitrogen and oxygen atoms in total. The highest BCUT2D eigenvalue weighted by Crippen LogP contribution is 2.23. The zero-order chi connectivity index (χ0) is 26.4. The minimum Gasteiger partial charge on any atom is -0.497 e. The fourth-order valence-electron chi connectivity index (χ4n) is 3.44. The number of nitrogens with one attached hydrogen (secondary N) is 2. The summed E-state index contributed by atoms with van der Waals surface area (Å²) in [6, 6.07) is 20.8. The number of thioether (sulfide) groups is 1. The molecule has 188 valence electrons. The van der Waals surface area contributed by atoms with Crippen molar-refractivity contribution < 1.29 is 19.1 Å². The Balaban J connectivity index is 1.47. The maximum atomic E-state index is 13.3. The molecule has 4 aromatic rings. The van der Waals surface area contributed by atoms with Gasteiger partial charge in [-0.3, -0.25) is 29.8 Å². The molecule has 0 bridgehead atoms. The largest absolute Gasteiger partial charge is 0.497 e. The Bertz CT molecular complexity index is 1520. The monoisotopic (exact) mass is 516 g/mol. The molecule has 3 aromatic carbocycles. The fourth-order valence-corrected chi connectivity index (χ4v) is 4.25. The van der Waals surface area contributed by atoms with Gasteiger partial charge < -0.3 is 9.47 Å². The van der Waals surface area contributed by atoms with Crippen LogP contribution in [0.25, 0.3) is 22.3 Å². The van der Waals surface area contributed by atoms with Gasteiger partial charge in [-0.2, -0.15) is 0 Å². The van der Waals surface area contributed by atoms with E-state index in [0.29, 0.717) is 44.5 Å². The Kier molecular flexibility index (Phi) is 7.89. The zero-order valence-corrected chi connectivity index (χ0v) is 21.0. The third-order valence-corrected chi connectivity index (χ3v) is 6.16. The van der Waals surface area contributed by atoms with Gasteiger partial charge in [-0.25, -0.2) is 4.98 Å². The van der Waals surface area contributed by atoms with Gasteiger partial charge >= 0.3 is 5.97 Å². The molecule has 2 N–H and O–H groups in total. The molecule has 0 fully saturated rings. The Morgan fingerprint density at radius 1 is 0.973 bits per heavy atom. The van der Waals surface area contributed by atoms with Crippen molar-refractivity contribution in [1.29, 1.82) is 0 Å². The number of esters is 1. The predicted molar refractivity (Wildman–Crippen MR) is 143 cm³/mol. The van der Waals surface area contributed by atoms with Crippen molar-refractivity contribution in [2.75, 3.05) is 12.9 Å². The molecule has 0 unspecified atom stereocenters. The summed E-state index contributed by atoms with van der Waals surface area (Å²) < 4.78 is 11.7. The van der Waals surface area contributed by atoms with Crippen LogP contribution in [0.5, 0.6) is 11.5 Å². The second-order valence-corrected chi connectivity index (χ2v) is 8.75. The van der Waals surface area contributed by atoms with Crippen molar-refractivity contribution in [3.05, 3.63) is 95.3 Å². The second-order valence-electron chi connectivity index (χ2n) is 7.81. The smallest absolute Gasteiger partial charge is 0.308 e. The van der Waals surface area contributed by atoms with E-state index in [1.807, 2.05) is 6.07 Å². The number of hydrazine groups is 1. The maximum absolute atomic E-state index is 13.3. The van der Waals surface area contributed by atoms with E-state index < -0.39 is 5.97 Å². The van der Waals surface area contributed by atoms with Crippen LogP contribution in [0.3, 0.4) is 0 Å². The van der Waals surface area contributed by atoms with Crippen molar-refractivity contribution in [1.82, 2.24) is 20.4 Å².